The van der Waals surface area contributed by atoms with Crippen LogP contribution in [0.2, 0.25) is 0 Å². The minimum atomic E-state index is -1.06. The van der Waals surface area contributed by atoms with Gasteiger partial charge in [-0.25, -0.2) is 4.79 Å². The molecule has 0 aromatic heterocycles. The lowest BCUT2D eigenvalue weighted by molar-refractivity contribution is -0.155. The fraction of sp³-hybridized carbons (Fsp3) is 0.615. The number of fused-ring (bicyclic) bond motifs is 1. The minimum Gasteiger partial charge on any atom is -0.451 e. The van der Waals surface area contributed by atoms with E-state index in [1.807, 2.05) is 18.2 Å². The maximum absolute atomic E-state index is 13.1. The third kappa shape index (κ3) is 4.81. The van der Waals surface area contributed by atoms with Gasteiger partial charge in [0.1, 0.15) is 12.1 Å². The van der Waals surface area contributed by atoms with E-state index >= 15 is 0 Å². The molecule has 2 fully saturated rings. The standard InChI is InChI=1S/C26H35N3O5/c1-16(22(31)27-20-9-8-17-6-5-7-18(17)14-20)34-21(30)15-29-23(32)26(28-24(29)33)12-10-19(11-13-26)25(2,3)4/h8-9,14,16,19H,5-7,10-13,15H2,1-4H3,(H,27,31)(H,28,33)/t16-,19?,26?/m0/s1. The molecule has 8 nitrogen and oxygen atoms in total. The van der Waals surface area contributed by atoms with Crippen molar-refractivity contribution in [3.05, 3.63) is 29.3 Å². The third-order valence-electron chi connectivity index (χ3n) is 7.64. The molecule has 0 bridgehead atoms. The Labute approximate surface area is 200 Å². The molecule has 2 N–H and O–H groups in total. The first-order chi connectivity index (χ1) is 16.0. The number of urea groups is 1. The van der Waals surface area contributed by atoms with Crippen LogP contribution in [0.25, 0.3) is 0 Å². The number of hydrogen-bond acceptors (Lipinski definition) is 5. The average molecular weight is 470 g/mol. The first kappa shape index (κ1) is 24.2. The Kier molecular flexibility index (Phi) is 6.44. The van der Waals surface area contributed by atoms with Crippen LogP contribution in [-0.4, -0.2) is 46.9 Å². The van der Waals surface area contributed by atoms with E-state index in [9.17, 15) is 19.2 Å². The molecule has 184 valence electrons. The highest BCUT2D eigenvalue weighted by Crippen LogP contribution is 2.43. The number of esters is 1. The number of anilines is 1. The molecular formula is C26H35N3O5. The van der Waals surface area contributed by atoms with E-state index in [4.69, 9.17) is 4.74 Å². The van der Waals surface area contributed by atoms with Crippen LogP contribution in [0.5, 0.6) is 0 Å². The lowest BCUT2D eigenvalue weighted by Crippen LogP contribution is -2.50. The minimum absolute atomic E-state index is 0.146. The van der Waals surface area contributed by atoms with Crippen molar-refractivity contribution in [3.63, 3.8) is 0 Å². The normalized spacial score (nSPS) is 25.2. The summed E-state index contributed by atoms with van der Waals surface area (Å²) in [6.07, 6.45) is 4.91. The number of carbonyl (C=O) groups is 4. The molecular weight excluding hydrogens is 434 g/mol. The zero-order valence-corrected chi connectivity index (χ0v) is 20.5. The number of carbonyl (C=O) groups excluding carboxylic acids is 4. The van der Waals surface area contributed by atoms with Gasteiger partial charge in [0.15, 0.2) is 6.10 Å². The number of hydrogen-bond donors (Lipinski definition) is 2. The monoisotopic (exact) mass is 469 g/mol. The Morgan fingerprint density at radius 2 is 1.85 bits per heavy atom. The molecule has 1 aromatic rings. The molecule has 1 aromatic carbocycles. The summed E-state index contributed by atoms with van der Waals surface area (Å²) < 4.78 is 5.25. The topological polar surface area (TPSA) is 105 Å². The summed E-state index contributed by atoms with van der Waals surface area (Å²) in [6.45, 7) is 7.53. The molecule has 1 heterocycles. The van der Waals surface area contributed by atoms with Crippen molar-refractivity contribution < 1.29 is 23.9 Å². The van der Waals surface area contributed by atoms with Crippen LogP contribution < -0.4 is 10.6 Å². The molecule has 1 saturated carbocycles. The summed E-state index contributed by atoms with van der Waals surface area (Å²) in [5, 5.41) is 5.60. The summed E-state index contributed by atoms with van der Waals surface area (Å²) >= 11 is 0. The van der Waals surface area contributed by atoms with E-state index in [1.165, 1.54) is 18.1 Å². The highest BCUT2D eigenvalue weighted by atomic mass is 16.5. The zero-order valence-electron chi connectivity index (χ0n) is 20.5. The summed E-state index contributed by atoms with van der Waals surface area (Å²) in [4.78, 5) is 51.6. The second-order valence-corrected chi connectivity index (χ2v) is 11.0. The molecule has 1 atom stereocenters. The second kappa shape index (κ2) is 9.04. The fourth-order valence-electron chi connectivity index (χ4n) is 5.45. The Balaban J connectivity index is 1.30. The van der Waals surface area contributed by atoms with Crippen LogP contribution >= 0.6 is 0 Å². The van der Waals surface area contributed by atoms with Gasteiger partial charge in [-0.1, -0.05) is 26.8 Å². The average Bonchev–Trinajstić information content (AvgIpc) is 3.31. The van der Waals surface area contributed by atoms with Gasteiger partial charge >= 0.3 is 12.0 Å². The van der Waals surface area contributed by atoms with E-state index in [-0.39, 0.29) is 11.3 Å². The molecule has 8 heteroatoms. The highest BCUT2D eigenvalue weighted by molar-refractivity contribution is 6.09. The highest BCUT2D eigenvalue weighted by Gasteiger charge is 2.53. The van der Waals surface area contributed by atoms with E-state index in [2.05, 4.69) is 31.4 Å². The van der Waals surface area contributed by atoms with Crippen LogP contribution in [-0.2, 0) is 32.0 Å². The molecule has 3 aliphatic rings. The Hall–Kier alpha value is -2.90. The van der Waals surface area contributed by atoms with Crippen molar-refractivity contribution in [2.75, 3.05) is 11.9 Å². The summed E-state index contributed by atoms with van der Waals surface area (Å²) in [7, 11) is 0. The van der Waals surface area contributed by atoms with Crippen LogP contribution in [0.4, 0.5) is 10.5 Å². The fourth-order valence-corrected chi connectivity index (χ4v) is 5.45. The van der Waals surface area contributed by atoms with Crippen molar-refractivity contribution in [1.82, 2.24) is 10.2 Å². The predicted molar refractivity (Wildman–Crippen MR) is 127 cm³/mol. The van der Waals surface area contributed by atoms with E-state index in [0.717, 1.165) is 37.0 Å². The Morgan fingerprint density at radius 1 is 1.18 bits per heavy atom. The van der Waals surface area contributed by atoms with Crippen molar-refractivity contribution in [3.8, 4) is 0 Å². The van der Waals surface area contributed by atoms with Crippen LogP contribution in [0.1, 0.15) is 70.9 Å². The van der Waals surface area contributed by atoms with E-state index < -0.39 is 36.1 Å². The van der Waals surface area contributed by atoms with Crippen LogP contribution in [0.3, 0.4) is 0 Å². The number of nitrogens with zero attached hydrogens (tertiary/aromatic N) is 1. The predicted octanol–water partition coefficient (Wildman–Crippen LogP) is 3.57. The number of rotatable bonds is 5. The van der Waals surface area contributed by atoms with Crippen LogP contribution in [0, 0.1) is 11.3 Å². The smallest absolute Gasteiger partial charge is 0.327 e. The number of amides is 4. The Morgan fingerprint density at radius 3 is 2.53 bits per heavy atom. The van der Waals surface area contributed by atoms with Gasteiger partial charge < -0.3 is 15.4 Å². The molecule has 1 saturated heterocycles. The van der Waals surface area contributed by atoms with Gasteiger partial charge in [0.05, 0.1) is 0 Å². The van der Waals surface area contributed by atoms with Gasteiger partial charge in [0, 0.05) is 5.69 Å². The van der Waals surface area contributed by atoms with E-state index in [1.54, 1.807) is 0 Å². The molecule has 4 rings (SSSR count). The lowest BCUT2D eigenvalue weighted by atomic mass is 9.67. The van der Waals surface area contributed by atoms with E-state index in [0.29, 0.717) is 24.4 Å². The van der Waals surface area contributed by atoms with Gasteiger partial charge in [-0.05, 0) is 86.5 Å². The molecule has 0 unspecified atom stereocenters. The first-order valence-electron chi connectivity index (χ1n) is 12.2. The number of nitrogens with one attached hydrogen (secondary N) is 2. The van der Waals surface area contributed by atoms with Gasteiger partial charge in [0.2, 0.25) is 0 Å². The maximum Gasteiger partial charge on any atom is 0.327 e. The zero-order chi connectivity index (χ0) is 24.7. The summed E-state index contributed by atoms with van der Waals surface area (Å²) in [5.74, 6) is -1.15. The SMILES string of the molecule is C[C@H](OC(=O)CN1C(=O)NC2(CCC(C(C)(C)C)CC2)C1=O)C(=O)Nc1ccc2c(c1)CCC2. The summed E-state index contributed by atoms with van der Waals surface area (Å²) in [6, 6.07) is 5.23. The van der Waals surface area contributed by atoms with Crippen molar-refractivity contribution in [2.45, 2.75) is 84.3 Å². The lowest BCUT2D eigenvalue weighted by Gasteiger charge is -2.40. The second-order valence-electron chi connectivity index (χ2n) is 11.0. The molecule has 0 radical (unpaired) electrons. The molecule has 34 heavy (non-hydrogen) atoms. The quantitative estimate of drug-likeness (QED) is 0.507. The molecule has 2 aliphatic carbocycles. The number of imide groups is 1. The third-order valence-corrected chi connectivity index (χ3v) is 7.64. The summed E-state index contributed by atoms with van der Waals surface area (Å²) in [5.41, 5.74) is 2.40. The van der Waals surface area contributed by atoms with Gasteiger partial charge in [-0.15, -0.1) is 0 Å². The number of benzene rings is 1. The van der Waals surface area contributed by atoms with Crippen molar-refractivity contribution >= 4 is 29.5 Å². The Bertz CT molecular complexity index is 1000. The molecule has 4 amide bonds. The first-order valence-corrected chi connectivity index (χ1v) is 12.2. The number of aryl methyl sites for hydroxylation is 2. The largest absolute Gasteiger partial charge is 0.451 e. The van der Waals surface area contributed by atoms with Gasteiger partial charge in [-0.2, -0.15) is 0 Å². The van der Waals surface area contributed by atoms with Crippen molar-refractivity contribution in [1.29, 1.82) is 0 Å². The van der Waals surface area contributed by atoms with Crippen LogP contribution in [0.15, 0.2) is 18.2 Å². The molecule has 1 spiro atoms. The van der Waals surface area contributed by atoms with Crippen molar-refractivity contribution in [2.24, 2.45) is 11.3 Å². The van der Waals surface area contributed by atoms with Gasteiger partial charge in [0.25, 0.3) is 11.8 Å². The molecule has 1 aliphatic heterocycles. The number of ether oxygens (including phenoxy) is 1. The maximum atomic E-state index is 13.1. The van der Waals surface area contributed by atoms with Gasteiger partial charge in [-0.3, -0.25) is 19.3 Å².